The summed E-state index contributed by atoms with van der Waals surface area (Å²) in [6.45, 7) is 6.71. The minimum atomic E-state index is 0.144. The van der Waals surface area contributed by atoms with Gasteiger partial charge in [0.25, 0.3) is 5.95 Å². The number of hydrogen-bond acceptors (Lipinski definition) is 5. The Morgan fingerprint density at radius 3 is 2.48 bits per heavy atom. The summed E-state index contributed by atoms with van der Waals surface area (Å²) in [6, 6.07) is 9.72. The number of para-hydroxylation sites is 1. The number of rotatable bonds is 6. The Hall–Kier alpha value is -2.76. The molecule has 0 amide bonds. The van der Waals surface area contributed by atoms with E-state index >= 15 is 0 Å². The molecule has 0 fully saturated rings. The zero-order valence-corrected chi connectivity index (χ0v) is 14.9. The van der Waals surface area contributed by atoms with Gasteiger partial charge in [0.1, 0.15) is 0 Å². The Morgan fingerprint density at radius 1 is 1.04 bits per heavy atom. The van der Waals surface area contributed by atoms with Gasteiger partial charge in [-0.1, -0.05) is 38.0 Å². The lowest BCUT2D eigenvalue weighted by Crippen LogP contribution is -1.96. The fraction of sp³-hybridized carbons (Fsp3) is 0.368. The lowest BCUT2D eigenvalue weighted by Gasteiger charge is -2.05. The van der Waals surface area contributed by atoms with Crippen molar-refractivity contribution < 1.29 is 5.11 Å². The topological polar surface area (TPSA) is 75.7 Å². The number of aryl methyl sites for hydroxylation is 3. The second kappa shape index (κ2) is 7.42. The molecule has 0 atom stereocenters. The number of fused-ring (bicyclic) bond motifs is 1. The van der Waals surface area contributed by atoms with Gasteiger partial charge in [-0.15, -0.1) is 10.2 Å². The van der Waals surface area contributed by atoms with Crippen molar-refractivity contribution in [1.82, 2.24) is 14.5 Å². The average molecular weight is 337 g/mol. The summed E-state index contributed by atoms with van der Waals surface area (Å²) in [6.07, 6.45) is 3.27. The molecule has 25 heavy (non-hydrogen) atoms. The smallest absolute Gasteiger partial charge is 0.269 e. The van der Waals surface area contributed by atoms with Crippen LogP contribution in [0.1, 0.15) is 37.6 Å². The van der Waals surface area contributed by atoms with Crippen molar-refractivity contribution in [2.75, 3.05) is 0 Å². The van der Waals surface area contributed by atoms with Gasteiger partial charge in [0.15, 0.2) is 5.69 Å². The maximum Gasteiger partial charge on any atom is 0.269 e. The van der Waals surface area contributed by atoms with Crippen molar-refractivity contribution >= 4 is 22.5 Å². The third-order valence-corrected chi connectivity index (χ3v) is 4.11. The van der Waals surface area contributed by atoms with E-state index in [0.29, 0.717) is 11.6 Å². The van der Waals surface area contributed by atoms with E-state index in [1.54, 1.807) is 0 Å². The molecule has 0 saturated heterocycles. The number of azo groups is 1. The van der Waals surface area contributed by atoms with Crippen LogP contribution in [0.15, 0.2) is 40.6 Å². The first-order valence-corrected chi connectivity index (χ1v) is 8.64. The maximum absolute atomic E-state index is 10.7. The Kier molecular flexibility index (Phi) is 5.07. The fourth-order valence-corrected chi connectivity index (χ4v) is 2.96. The monoisotopic (exact) mass is 337 g/mol. The van der Waals surface area contributed by atoms with Gasteiger partial charge in [0.2, 0.25) is 5.88 Å². The summed E-state index contributed by atoms with van der Waals surface area (Å²) >= 11 is 0. The van der Waals surface area contributed by atoms with E-state index in [1.165, 1.54) is 0 Å². The van der Waals surface area contributed by atoms with Crippen LogP contribution in [0.4, 0.5) is 11.6 Å². The van der Waals surface area contributed by atoms with Crippen LogP contribution in [-0.2, 0) is 6.54 Å². The summed E-state index contributed by atoms with van der Waals surface area (Å²) in [4.78, 5) is 8.53. The molecule has 0 aliphatic rings. The molecule has 0 radical (unpaired) electrons. The van der Waals surface area contributed by atoms with Crippen molar-refractivity contribution in [1.29, 1.82) is 0 Å². The van der Waals surface area contributed by atoms with Crippen LogP contribution < -0.4 is 0 Å². The number of unbranched alkanes of at least 4 members (excludes halogenated alkanes) is 2. The highest BCUT2D eigenvalue weighted by molar-refractivity contribution is 5.94. The van der Waals surface area contributed by atoms with Gasteiger partial charge in [-0.3, -0.25) is 0 Å². The van der Waals surface area contributed by atoms with E-state index in [2.05, 4.69) is 27.1 Å². The molecule has 2 aromatic heterocycles. The van der Waals surface area contributed by atoms with E-state index in [0.717, 1.165) is 48.1 Å². The van der Waals surface area contributed by atoms with E-state index in [9.17, 15) is 5.11 Å². The molecule has 6 heteroatoms. The van der Waals surface area contributed by atoms with Gasteiger partial charge >= 0.3 is 0 Å². The average Bonchev–Trinajstić information content (AvgIpc) is 2.84. The van der Waals surface area contributed by atoms with Gasteiger partial charge in [-0.05, 0) is 32.4 Å². The van der Waals surface area contributed by atoms with Gasteiger partial charge < -0.3 is 9.67 Å². The summed E-state index contributed by atoms with van der Waals surface area (Å²) < 4.78 is 1.90. The SMILES string of the molecule is CCCCCn1c(O)c(N=Nc2nc(C)cc(C)n2)c2ccccc21. The number of aromatic nitrogens is 3. The summed E-state index contributed by atoms with van der Waals surface area (Å²) in [5, 5.41) is 20.0. The van der Waals surface area contributed by atoms with Crippen LogP contribution in [0.25, 0.3) is 10.9 Å². The van der Waals surface area contributed by atoms with Crippen LogP contribution in [-0.4, -0.2) is 19.6 Å². The highest BCUT2D eigenvalue weighted by Crippen LogP contribution is 2.39. The Balaban J connectivity index is 2.00. The molecule has 0 saturated carbocycles. The Morgan fingerprint density at radius 2 is 1.76 bits per heavy atom. The fourth-order valence-electron chi connectivity index (χ4n) is 2.96. The van der Waals surface area contributed by atoms with E-state index in [1.807, 2.05) is 48.7 Å². The van der Waals surface area contributed by atoms with Crippen LogP contribution in [0, 0.1) is 13.8 Å². The van der Waals surface area contributed by atoms with Gasteiger partial charge in [-0.2, -0.15) is 0 Å². The van der Waals surface area contributed by atoms with E-state index < -0.39 is 0 Å². The predicted octanol–water partition coefficient (Wildman–Crippen LogP) is 5.36. The van der Waals surface area contributed by atoms with E-state index in [4.69, 9.17) is 0 Å². The van der Waals surface area contributed by atoms with Gasteiger partial charge in [-0.25, -0.2) is 9.97 Å². The highest BCUT2D eigenvalue weighted by atomic mass is 16.3. The molecule has 3 aromatic rings. The first kappa shape index (κ1) is 17.1. The molecule has 3 rings (SSSR count). The molecule has 2 heterocycles. The molecular formula is C19H23N5O. The van der Waals surface area contributed by atoms with Crippen LogP contribution in [0.3, 0.4) is 0 Å². The highest BCUT2D eigenvalue weighted by Gasteiger charge is 2.16. The molecule has 0 spiro atoms. The first-order chi connectivity index (χ1) is 12.1. The second-order valence-corrected chi connectivity index (χ2v) is 6.20. The zero-order chi connectivity index (χ0) is 17.8. The van der Waals surface area contributed by atoms with Crippen molar-refractivity contribution in [3.63, 3.8) is 0 Å². The van der Waals surface area contributed by atoms with Crippen molar-refractivity contribution in [3.8, 4) is 5.88 Å². The third-order valence-electron chi connectivity index (χ3n) is 4.11. The molecular weight excluding hydrogens is 314 g/mol. The molecule has 0 bridgehead atoms. The largest absolute Gasteiger partial charge is 0.493 e. The van der Waals surface area contributed by atoms with Gasteiger partial charge in [0, 0.05) is 23.3 Å². The molecule has 1 aromatic carbocycles. The lowest BCUT2D eigenvalue weighted by atomic mass is 10.2. The molecule has 0 unspecified atom stereocenters. The Bertz CT molecular complexity index is 893. The molecule has 6 nitrogen and oxygen atoms in total. The van der Waals surface area contributed by atoms with Crippen LogP contribution in [0.2, 0.25) is 0 Å². The van der Waals surface area contributed by atoms with Crippen molar-refractivity contribution in [2.45, 2.75) is 46.6 Å². The normalized spacial score (nSPS) is 11.6. The number of hydrogen-bond donors (Lipinski definition) is 1. The molecule has 1 N–H and O–H groups in total. The second-order valence-electron chi connectivity index (χ2n) is 6.20. The minimum Gasteiger partial charge on any atom is -0.493 e. The standard InChI is InChI=1S/C19H23N5O/c1-4-5-8-11-24-16-10-7-6-9-15(16)17(18(24)25)22-23-19-20-13(2)12-14(3)21-19/h6-7,9-10,12,25H,4-5,8,11H2,1-3H3. The molecule has 130 valence electrons. The maximum atomic E-state index is 10.7. The Labute approximate surface area is 147 Å². The summed E-state index contributed by atoms with van der Waals surface area (Å²) in [5.74, 6) is 0.449. The van der Waals surface area contributed by atoms with Crippen molar-refractivity contribution in [2.24, 2.45) is 10.2 Å². The van der Waals surface area contributed by atoms with Crippen LogP contribution >= 0.6 is 0 Å². The first-order valence-electron chi connectivity index (χ1n) is 8.64. The quantitative estimate of drug-likeness (QED) is 0.486. The summed E-state index contributed by atoms with van der Waals surface area (Å²) in [7, 11) is 0. The third kappa shape index (κ3) is 3.68. The molecule has 0 aliphatic carbocycles. The number of nitrogens with zero attached hydrogens (tertiary/aromatic N) is 5. The lowest BCUT2D eigenvalue weighted by molar-refractivity contribution is 0.417. The summed E-state index contributed by atoms with van der Waals surface area (Å²) in [5.41, 5.74) is 3.11. The zero-order valence-electron chi connectivity index (χ0n) is 14.9. The van der Waals surface area contributed by atoms with Gasteiger partial charge in [0.05, 0.1) is 5.52 Å². The number of aromatic hydroxyl groups is 1. The van der Waals surface area contributed by atoms with Crippen LogP contribution in [0.5, 0.6) is 5.88 Å². The number of benzene rings is 1. The predicted molar refractivity (Wildman–Crippen MR) is 98.8 cm³/mol. The molecule has 0 aliphatic heterocycles. The minimum absolute atomic E-state index is 0.144. The van der Waals surface area contributed by atoms with Crippen molar-refractivity contribution in [3.05, 3.63) is 41.7 Å². The van der Waals surface area contributed by atoms with E-state index in [-0.39, 0.29) is 5.88 Å².